The van der Waals surface area contributed by atoms with Crippen molar-refractivity contribution in [2.24, 2.45) is 0 Å². The molecule has 0 saturated carbocycles. The molecule has 0 radical (unpaired) electrons. The number of aryl methyl sites for hydroxylation is 1. The van der Waals surface area contributed by atoms with Gasteiger partial charge < -0.3 is 8.98 Å². The first-order valence-electron chi connectivity index (χ1n) is 7.91. The van der Waals surface area contributed by atoms with Crippen LogP contribution in [-0.4, -0.2) is 26.3 Å². The van der Waals surface area contributed by atoms with Gasteiger partial charge in [-0.1, -0.05) is 29.4 Å². The Bertz CT molecular complexity index is 917. The summed E-state index contributed by atoms with van der Waals surface area (Å²) in [6, 6.07) is 9.14. The normalized spacial score (nSPS) is 11.0. The highest BCUT2D eigenvalue weighted by molar-refractivity contribution is 7.99. The Morgan fingerprint density at radius 2 is 2.08 bits per heavy atom. The lowest BCUT2D eigenvalue weighted by Gasteiger charge is -2.05. The quantitative estimate of drug-likeness (QED) is 0.457. The Hall–Kier alpha value is -2.05. The van der Waals surface area contributed by atoms with Crippen molar-refractivity contribution in [1.29, 1.82) is 0 Å². The van der Waals surface area contributed by atoms with Crippen LogP contribution in [0.4, 0.5) is 0 Å². The van der Waals surface area contributed by atoms with Gasteiger partial charge in [-0.15, -0.1) is 10.2 Å². The summed E-state index contributed by atoms with van der Waals surface area (Å²) in [5.74, 6) is 0.701. The topological polar surface area (TPSA) is 60.9 Å². The largest absolute Gasteiger partial charge is 0.411 e. The maximum absolute atomic E-state index is 12.5. The van der Waals surface area contributed by atoms with Gasteiger partial charge in [0.1, 0.15) is 0 Å². The first kappa shape index (κ1) is 17.8. The third kappa shape index (κ3) is 3.80. The molecule has 7 heteroatoms. The second-order valence-corrected chi connectivity index (χ2v) is 6.99. The van der Waals surface area contributed by atoms with Crippen molar-refractivity contribution in [1.82, 2.24) is 14.8 Å². The molecule has 0 aliphatic heterocycles. The van der Waals surface area contributed by atoms with Crippen LogP contribution in [0.3, 0.4) is 0 Å². The van der Waals surface area contributed by atoms with Gasteiger partial charge in [0.05, 0.1) is 5.75 Å². The lowest BCUT2D eigenvalue weighted by Crippen LogP contribution is -2.05. The highest BCUT2D eigenvalue weighted by atomic mass is 35.5. The first-order chi connectivity index (χ1) is 12.0. The third-order valence-electron chi connectivity index (χ3n) is 4.00. The molecule has 3 rings (SSSR count). The van der Waals surface area contributed by atoms with Gasteiger partial charge in [-0.2, -0.15) is 0 Å². The molecule has 5 nitrogen and oxygen atoms in total. The van der Waals surface area contributed by atoms with Crippen molar-refractivity contribution in [2.75, 3.05) is 5.75 Å². The minimum atomic E-state index is 0.0558. The first-order valence-corrected chi connectivity index (χ1v) is 9.28. The fraction of sp³-hybridized carbons (Fsp3) is 0.278. The SMILES string of the molecule is CCn1c(C)cc(C(=O)CSc2nnc(-c3cccc(Cl)c3)o2)c1C. The molecule has 0 aliphatic rings. The average Bonchev–Trinajstić information content (AvgIpc) is 3.17. The van der Waals surface area contributed by atoms with Crippen molar-refractivity contribution >= 4 is 29.1 Å². The van der Waals surface area contributed by atoms with E-state index in [1.165, 1.54) is 11.8 Å². The van der Waals surface area contributed by atoms with Gasteiger partial charge in [0, 0.05) is 34.1 Å². The molecular formula is C18H18ClN3O2S. The molecule has 0 amide bonds. The van der Waals surface area contributed by atoms with Crippen LogP contribution in [0.2, 0.25) is 5.02 Å². The summed E-state index contributed by atoms with van der Waals surface area (Å²) in [5.41, 5.74) is 3.59. The number of benzene rings is 1. The molecule has 2 heterocycles. The molecular weight excluding hydrogens is 358 g/mol. The molecule has 0 saturated heterocycles. The van der Waals surface area contributed by atoms with E-state index in [-0.39, 0.29) is 11.5 Å². The molecule has 0 fully saturated rings. The number of Topliss-reactive ketones (excluding diaryl/α,β-unsaturated/α-hetero) is 1. The number of thioether (sulfide) groups is 1. The van der Waals surface area contributed by atoms with Crippen molar-refractivity contribution in [2.45, 2.75) is 32.5 Å². The number of carbonyl (C=O) groups is 1. The number of carbonyl (C=O) groups excluding carboxylic acids is 1. The highest BCUT2D eigenvalue weighted by Gasteiger charge is 2.17. The fourth-order valence-electron chi connectivity index (χ4n) is 2.78. The van der Waals surface area contributed by atoms with Gasteiger partial charge in [-0.25, -0.2) is 0 Å². The summed E-state index contributed by atoms with van der Waals surface area (Å²) in [4.78, 5) is 12.5. The fourth-order valence-corrected chi connectivity index (χ4v) is 3.62. The summed E-state index contributed by atoms with van der Waals surface area (Å²) in [6.07, 6.45) is 0. The van der Waals surface area contributed by atoms with E-state index in [9.17, 15) is 4.79 Å². The minimum absolute atomic E-state index is 0.0558. The monoisotopic (exact) mass is 375 g/mol. The number of hydrogen-bond donors (Lipinski definition) is 0. The van der Waals surface area contributed by atoms with Crippen molar-refractivity contribution in [3.8, 4) is 11.5 Å². The Morgan fingerprint density at radius 1 is 1.28 bits per heavy atom. The molecule has 1 aromatic carbocycles. The van der Waals surface area contributed by atoms with E-state index < -0.39 is 0 Å². The lowest BCUT2D eigenvalue weighted by atomic mass is 10.2. The molecule has 0 aliphatic carbocycles. The van der Waals surface area contributed by atoms with Crippen LogP contribution in [-0.2, 0) is 6.54 Å². The Balaban J connectivity index is 1.69. The third-order valence-corrected chi connectivity index (χ3v) is 5.05. The van der Waals surface area contributed by atoms with Crippen LogP contribution < -0.4 is 0 Å². The minimum Gasteiger partial charge on any atom is -0.411 e. The van der Waals surface area contributed by atoms with Crippen LogP contribution in [0.5, 0.6) is 0 Å². The molecule has 0 N–H and O–H groups in total. The number of halogens is 1. The van der Waals surface area contributed by atoms with E-state index in [1.807, 2.05) is 32.0 Å². The van der Waals surface area contributed by atoms with Gasteiger partial charge >= 0.3 is 0 Å². The summed E-state index contributed by atoms with van der Waals surface area (Å²) >= 11 is 7.21. The summed E-state index contributed by atoms with van der Waals surface area (Å²) < 4.78 is 7.74. The van der Waals surface area contributed by atoms with Crippen LogP contribution in [0.15, 0.2) is 40.0 Å². The highest BCUT2D eigenvalue weighted by Crippen LogP contribution is 2.26. The van der Waals surface area contributed by atoms with Crippen LogP contribution >= 0.6 is 23.4 Å². The van der Waals surface area contributed by atoms with Gasteiger partial charge in [-0.05, 0) is 45.0 Å². The van der Waals surface area contributed by atoms with Crippen LogP contribution in [0.1, 0.15) is 28.7 Å². The maximum atomic E-state index is 12.5. The molecule has 3 aromatic rings. The number of aromatic nitrogens is 3. The van der Waals surface area contributed by atoms with Crippen molar-refractivity contribution in [3.63, 3.8) is 0 Å². The zero-order valence-corrected chi connectivity index (χ0v) is 15.8. The molecule has 0 atom stereocenters. The van der Waals surface area contributed by atoms with E-state index >= 15 is 0 Å². The predicted octanol–water partition coefficient (Wildman–Crippen LogP) is 4.80. The Kier molecular flexibility index (Phi) is 5.30. The van der Waals surface area contributed by atoms with E-state index in [0.29, 0.717) is 16.1 Å². The summed E-state index contributed by atoms with van der Waals surface area (Å²) in [7, 11) is 0. The van der Waals surface area contributed by atoms with E-state index in [4.69, 9.17) is 16.0 Å². The van der Waals surface area contributed by atoms with E-state index in [2.05, 4.69) is 21.7 Å². The van der Waals surface area contributed by atoms with Gasteiger partial charge in [0.2, 0.25) is 5.89 Å². The second-order valence-electron chi connectivity index (χ2n) is 5.62. The van der Waals surface area contributed by atoms with Crippen molar-refractivity contribution < 1.29 is 9.21 Å². The number of nitrogens with zero attached hydrogens (tertiary/aromatic N) is 3. The average molecular weight is 376 g/mol. The number of hydrogen-bond acceptors (Lipinski definition) is 5. The molecule has 2 aromatic heterocycles. The number of ketones is 1. The predicted molar refractivity (Wildman–Crippen MR) is 99.4 cm³/mol. The summed E-state index contributed by atoms with van der Waals surface area (Å²) in [5, 5.41) is 8.98. The van der Waals surface area contributed by atoms with Crippen LogP contribution in [0.25, 0.3) is 11.5 Å². The number of rotatable bonds is 6. The van der Waals surface area contributed by atoms with E-state index in [0.717, 1.165) is 29.1 Å². The van der Waals surface area contributed by atoms with E-state index in [1.54, 1.807) is 12.1 Å². The molecule has 130 valence electrons. The smallest absolute Gasteiger partial charge is 0.277 e. The Morgan fingerprint density at radius 3 is 2.76 bits per heavy atom. The molecule has 25 heavy (non-hydrogen) atoms. The van der Waals surface area contributed by atoms with Gasteiger partial charge in [-0.3, -0.25) is 4.79 Å². The standard InChI is InChI=1S/C18H18ClN3O2S/c1-4-22-11(2)8-15(12(22)3)16(23)10-25-18-21-20-17(24-18)13-6-5-7-14(19)9-13/h5-9H,4,10H2,1-3H3. The Labute approximate surface area is 155 Å². The molecule has 0 spiro atoms. The van der Waals surface area contributed by atoms with Gasteiger partial charge in [0.25, 0.3) is 5.22 Å². The second kappa shape index (κ2) is 7.45. The van der Waals surface area contributed by atoms with Crippen molar-refractivity contribution in [3.05, 3.63) is 52.3 Å². The maximum Gasteiger partial charge on any atom is 0.277 e. The van der Waals surface area contributed by atoms with Crippen LogP contribution in [0, 0.1) is 13.8 Å². The molecule has 0 bridgehead atoms. The zero-order chi connectivity index (χ0) is 18.0. The summed E-state index contributed by atoms with van der Waals surface area (Å²) in [6.45, 7) is 6.90. The zero-order valence-electron chi connectivity index (χ0n) is 14.2. The molecule has 0 unspecified atom stereocenters. The van der Waals surface area contributed by atoms with Gasteiger partial charge in [0.15, 0.2) is 5.78 Å². The lowest BCUT2D eigenvalue weighted by molar-refractivity contribution is 0.102.